The van der Waals surface area contributed by atoms with Gasteiger partial charge in [0, 0.05) is 40.1 Å². The molecule has 1 spiro atoms. The van der Waals surface area contributed by atoms with Gasteiger partial charge in [0.25, 0.3) is 0 Å². The minimum Gasteiger partial charge on any atom is -0.311 e. The molecule has 2 unspecified atom stereocenters. The maximum atomic E-state index is 2.54. The fourth-order valence-electron chi connectivity index (χ4n) is 12.6. The van der Waals surface area contributed by atoms with Gasteiger partial charge in [-0.25, -0.2) is 0 Å². The Labute approximate surface area is 440 Å². The molecule has 4 aliphatic rings. The Morgan fingerprint density at radius 3 is 1.41 bits per heavy atom. The van der Waals surface area contributed by atoms with Gasteiger partial charge in [-0.1, -0.05) is 218 Å². The second kappa shape index (κ2) is 18.7. The van der Waals surface area contributed by atoms with Crippen LogP contribution in [-0.4, -0.2) is 0 Å². The van der Waals surface area contributed by atoms with E-state index in [2.05, 4.69) is 295 Å². The molecule has 0 aromatic heterocycles. The molecule has 0 amide bonds. The van der Waals surface area contributed by atoms with E-state index in [1.165, 1.54) is 89.2 Å². The zero-order chi connectivity index (χ0) is 49.7. The summed E-state index contributed by atoms with van der Waals surface area (Å²) < 4.78 is 0. The summed E-state index contributed by atoms with van der Waals surface area (Å²) in [5.41, 5.74) is 25.2. The molecule has 0 aliphatic heterocycles. The van der Waals surface area contributed by atoms with Crippen LogP contribution >= 0.6 is 0 Å². The Morgan fingerprint density at radius 2 is 0.840 bits per heavy atom. The number of allylic oxidation sites excluding steroid dienone is 7. The molecule has 75 heavy (non-hydrogen) atoms. The van der Waals surface area contributed by atoms with Crippen molar-refractivity contribution in [3.8, 4) is 44.5 Å². The third-order valence-electron chi connectivity index (χ3n) is 16.0. The molecule has 4 aliphatic carbocycles. The van der Waals surface area contributed by atoms with Crippen LogP contribution in [0.4, 0.5) is 28.4 Å². The van der Waals surface area contributed by atoms with Gasteiger partial charge in [0.15, 0.2) is 0 Å². The van der Waals surface area contributed by atoms with Gasteiger partial charge in [-0.05, 0) is 169 Å². The molecular weight excluding hydrogens is 905 g/mol. The largest absolute Gasteiger partial charge is 0.311 e. The van der Waals surface area contributed by atoms with E-state index in [9.17, 15) is 0 Å². The van der Waals surface area contributed by atoms with Crippen molar-refractivity contribution in [2.45, 2.75) is 30.6 Å². The Kier molecular flexibility index (Phi) is 11.1. The second-order valence-electron chi connectivity index (χ2n) is 20.3. The summed E-state index contributed by atoms with van der Waals surface area (Å²) in [7, 11) is 0. The summed E-state index contributed by atoms with van der Waals surface area (Å²) >= 11 is 0. The minimum absolute atomic E-state index is 0.326. The maximum Gasteiger partial charge on any atom is 0.0727 e. The van der Waals surface area contributed by atoms with Crippen molar-refractivity contribution in [1.29, 1.82) is 0 Å². The van der Waals surface area contributed by atoms with Crippen LogP contribution in [0, 0.1) is 0 Å². The molecular formula is C73H54N2. The smallest absolute Gasteiger partial charge is 0.0727 e. The third-order valence-corrected chi connectivity index (χ3v) is 16.0. The summed E-state index contributed by atoms with van der Waals surface area (Å²) in [5.74, 6) is 0.326. The van der Waals surface area contributed by atoms with Crippen LogP contribution in [0.5, 0.6) is 0 Å². The van der Waals surface area contributed by atoms with Crippen LogP contribution < -0.4 is 9.80 Å². The van der Waals surface area contributed by atoms with Gasteiger partial charge in [0.1, 0.15) is 0 Å². The molecule has 0 radical (unpaired) electrons. The topological polar surface area (TPSA) is 6.48 Å². The molecule has 0 heterocycles. The van der Waals surface area contributed by atoms with Crippen LogP contribution in [0.1, 0.15) is 58.6 Å². The SMILES string of the molecule is C1=CCC(c2cccc(N(C3=CCCC(c4ccccc4)=C3)c3ccc4c(c3)C3(c5ccccc5-4)c4ccccc4-c4ccc(N(c5cccc(-c6ccccc6)c5)c5cccc(-c6ccccc6)c5)cc43)c2)C=C1. The van der Waals surface area contributed by atoms with Gasteiger partial charge in [0.05, 0.1) is 5.41 Å². The van der Waals surface area contributed by atoms with E-state index in [1.807, 2.05) is 0 Å². The van der Waals surface area contributed by atoms with E-state index in [0.29, 0.717) is 5.92 Å². The van der Waals surface area contributed by atoms with Crippen LogP contribution in [0.3, 0.4) is 0 Å². The maximum absolute atomic E-state index is 2.54. The highest BCUT2D eigenvalue weighted by atomic mass is 15.2. The number of fused-ring (bicyclic) bond motifs is 10. The number of hydrogen-bond acceptors (Lipinski definition) is 2. The van der Waals surface area contributed by atoms with E-state index in [4.69, 9.17) is 0 Å². The van der Waals surface area contributed by atoms with Crippen molar-refractivity contribution in [1.82, 2.24) is 0 Å². The fraction of sp³-hybridized carbons (Fsp3) is 0.0685. The molecule has 0 fully saturated rings. The zero-order valence-electron chi connectivity index (χ0n) is 41.7. The van der Waals surface area contributed by atoms with Gasteiger partial charge in [0.2, 0.25) is 0 Å². The first kappa shape index (κ1) is 44.5. The van der Waals surface area contributed by atoms with E-state index in [0.717, 1.165) is 47.7 Å². The normalized spacial score (nSPS) is 16.6. The summed E-state index contributed by atoms with van der Waals surface area (Å²) in [4.78, 5) is 5.00. The number of anilines is 5. The van der Waals surface area contributed by atoms with Crippen molar-refractivity contribution < 1.29 is 0 Å². The Hall–Kier alpha value is -9.24. The van der Waals surface area contributed by atoms with Crippen molar-refractivity contribution in [3.05, 3.63) is 324 Å². The average Bonchev–Trinajstić information content (AvgIpc) is 4.09. The van der Waals surface area contributed by atoms with Crippen molar-refractivity contribution in [2.24, 2.45) is 0 Å². The van der Waals surface area contributed by atoms with Crippen LogP contribution in [-0.2, 0) is 5.41 Å². The van der Waals surface area contributed by atoms with Crippen molar-refractivity contribution in [2.75, 3.05) is 9.80 Å². The first-order valence-electron chi connectivity index (χ1n) is 26.5. The molecule has 0 bridgehead atoms. The first-order valence-corrected chi connectivity index (χ1v) is 26.5. The number of rotatable bonds is 10. The van der Waals surface area contributed by atoms with E-state index >= 15 is 0 Å². The van der Waals surface area contributed by atoms with Gasteiger partial charge in [-0.2, -0.15) is 0 Å². The fourth-order valence-corrected chi connectivity index (χ4v) is 12.6. The zero-order valence-corrected chi connectivity index (χ0v) is 41.7. The molecule has 356 valence electrons. The van der Waals surface area contributed by atoms with Crippen LogP contribution in [0.2, 0.25) is 0 Å². The lowest BCUT2D eigenvalue weighted by atomic mass is 9.70. The Bertz CT molecular complexity index is 3840. The lowest BCUT2D eigenvalue weighted by Crippen LogP contribution is -2.27. The standard InChI is InChI=1S/C73H54N2/c1-5-21-51(22-6-1)55-29-17-33-59(45-55)74(60-34-18-30-56(46-60)52-23-7-2-8-24-52)63-41-43-67-65-37-13-15-39-69(65)73(71(67)49-63)70-40-16-14-38-66(70)68-44-42-64(50-72(68)73)75(61-35-19-31-57(47-61)53-25-9-3-10-26-53)62-36-20-32-58(48-62)54-27-11-4-12-28-54/h1-19,21-25,27-31,33-50,53H,20,26,32H2. The molecule has 14 rings (SSSR count). The second-order valence-corrected chi connectivity index (χ2v) is 20.3. The van der Waals surface area contributed by atoms with Crippen molar-refractivity contribution in [3.63, 3.8) is 0 Å². The first-order chi connectivity index (χ1) is 37.2. The number of nitrogens with zero attached hydrogens (tertiary/aromatic N) is 2. The summed E-state index contributed by atoms with van der Waals surface area (Å²) in [6.07, 6.45) is 16.8. The van der Waals surface area contributed by atoms with Gasteiger partial charge < -0.3 is 9.80 Å². The Balaban J connectivity index is 0.986. The van der Waals surface area contributed by atoms with Gasteiger partial charge in [-0.3, -0.25) is 0 Å². The van der Waals surface area contributed by atoms with Crippen LogP contribution in [0.15, 0.2) is 291 Å². The monoisotopic (exact) mass is 958 g/mol. The molecule has 0 saturated heterocycles. The molecule has 0 N–H and O–H groups in total. The number of hydrogen-bond donors (Lipinski definition) is 0. The predicted molar refractivity (Wildman–Crippen MR) is 314 cm³/mol. The molecule has 10 aromatic carbocycles. The van der Waals surface area contributed by atoms with Gasteiger partial charge in [-0.15, -0.1) is 0 Å². The van der Waals surface area contributed by atoms with E-state index < -0.39 is 5.41 Å². The van der Waals surface area contributed by atoms with E-state index in [1.54, 1.807) is 0 Å². The lowest BCUT2D eigenvalue weighted by Gasteiger charge is -2.34. The van der Waals surface area contributed by atoms with Crippen LogP contribution in [0.25, 0.3) is 50.1 Å². The quantitative estimate of drug-likeness (QED) is 0.135. The highest BCUT2D eigenvalue weighted by Crippen LogP contribution is 2.64. The Morgan fingerprint density at radius 1 is 0.360 bits per heavy atom. The molecule has 10 aromatic rings. The van der Waals surface area contributed by atoms with Gasteiger partial charge >= 0.3 is 0 Å². The summed E-state index contributed by atoms with van der Waals surface area (Å²) in [5, 5.41) is 0. The number of benzene rings is 10. The highest BCUT2D eigenvalue weighted by Gasteiger charge is 2.52. The summed E-state index contributed by atoms with van der Waals surface area (Å²) in [6.45, 7) is 0. The average molecular weight is 959 g/mol. The molecule has 2 nitrogen and oxygen atoms in total. The molecule has 0 saturated carbocycles. The van der Waals surface area contributed by atoms with Crippen molar-refractivity contribution >= 4 is 34.0 Å². The van der Waals surface area contributed by atoms with E-state index in [-0.39, 0.29) is 0 Å². The third kappa shape index (κ3) is 7.64. The predicted octanol–water partition coefficient (Wildman–Crippen LogP) is 19.3. The highest BCUT2D eigenvalue weighted by molar-refractivity contribution is 5.98. The molecule has 2 heteroatoms. The molecule has 2 atom stereocenters. The minimum atomic E-state index is -0.605. The lowest BCUT2D eigenvalue weighted by molar-refractivity contribution is 0.793. The summed E-state index contributed by atoms with van der Waals surface area (Å²) in [6, 6.07) is 92.7.